The number of halogens is 1. The van der Waals surface area contributed by atoms with Crippen molar-refractivity contribution in [3.8, 4) is 11.1 Å². The van der Waals surface area contributed by atoms with E-state index in [2.05, 4.69) is 26.2 Å². The predicted molar refractivity (Wildman–Crippen MR) is 85.4 cm³/mol. The molecule has 0 aliphatic heterocycles. The van der Waals surface area contributed by atoms with Crippen LogP contribution in [0.2, 0.25) is 0 Å². The van der Waals surface area contributed by atoms with Crippen molar-refractivity contribution in [2.75, 3.05) is 5.32 Å². The summed E-state index contributed by atoms with van der Waals surface area (Å²) in [6.45, 7) is 0. The number of pyridine rings is 1. The molecule has 2 aromatic rings. The Labute approximate surface area is 134 Å². The van der Waals surface area contributed by atoms with Crippen molar-refractivity contribution in [3.05, 3.63) is 51.1 Å². The molecule has 0 saturated heterocycles. The standard InChI is InChI=1S/C15H12BrN3O3/c16-11-3-4-12(13(8-11)19(21)22)10-5-6-17-14(7-10)18-15(20)9-1-2-9/h3-9H,1-2H2,(H,17,18,20). The minimum Gasteiger partial charge on any atom is -0.310 e. The summed E-state index contributed by atoms with van der Waals surface area (Å²) in [5, 5.41) is 14.0. The molecular weight excluding hydrogens is 350 g/mol. The number of nitrogens with one attached hydrogen (secondary N) is 1. The van der Waals surface area contributed by atoms with E-state index >= 15 is 0 Å². The van der Waals surface area contributed by atoms with Gasteiger partial charge in [0, 0.05) is 22.7 Å². The maximum absolute atomic E-state index is 11.8. The van der Waals surface area contributed by atoms with Gasteiger partial charge in [-0.25, -0.2) is 4.98 Å². The molecule has 1 N–H and O–H groups in total. The fourth-order valence-electron chi connectivity index (χ4n) is 2.14. The number of hydrogen-bond donors (Lipinski definition) is 1. The highest BCUT2D eigenvalue weighted by atomic mass is 79.9. The summed E-state index contributed by atoms with van der Waals surface area (Å²) >= 11 is 3.23. The lowest BCUT2D eigenvalue weighted by molar-refractivity contribution is -0.384. The van der Waals surface area contributed by atoms with Gasteiger partial charge in [0.2, 0.25) is 5.91 Å². The number of carbonyl (C=O) groups is 1. The van der Waals surface area contributed by atoms with Gasteiger partial charge in [-0.15, -0.1) is 0 Å². The van der Waals surface area contributed by atoms with Crippen molar-refractivity contribution < 1.29 is 9.72 Å². The van der Waals surface area contributed by atoms with Gasteiger partial charge in [0.25, 0.3) is 5.69 Å². The quantitative estimate of drug-likeness (QED) is 0.663. The molecule has 6 nitrogen and oxygen atoms in total. The molecule has 0 bridgehead atoms. The summed E-state index contributed by atoms with van der Waals surface area (Å²) < 4.78 is 0.638. The fourth-order valence-corrected chi connectivity index (χ4v) is 2.49. The average Bonchev–Trinajstić information content (AvgIpc) is 3.32. The normalized spacial score (nSPS) is 13.7. The molecule has 3 rings (SSSR count). The summed E-state index contributed by atoms with van der Waals surface area (Å²) in [7, 11) is 0. The Bertz CT molecular complexity index is 759. The highest BCUT2D eigenvalue weighted by Gasteiger charge is 2.29. The highest BCUT2D eigenvalue weighted by Crippen LogP contribution is 2.34. The number of rotatable bonds is 4. The van der Waals surface area contributed by atoms with Crippen molar-refractivity contribution in [3.63, 3.8) is 0 Å². The van der Waals surface area contributed by atoms with Gasteiger partial charge >= 0.3 is 0 Å². The second-order valence-corrected chi connectivity index (χ2v) is 6.03. The summed E-state index contributed by atoms with van der Waals surface area (Å²) in [4.78, 5) is 26.7. The molecule has 1 amide bonds. The zero-order chi connectivity index (χ0) is 15.7. The number of benzene rings is 1. The Hall–Kier alpha value is -2.28. The number of nitrogens with zero attached hydrogens (tertiary/aromatic N) is 2. The van der Waals surface area contributed by atoms with Gasteiger partial charge in [0.05, 0.1) is 10.5 Å². The zero-order valence-electron chi connectivity index (χ0n) is 11.5. The van der Waals surface area contributed by atoms with Gasteiger partial charge in [-0.05, 0) is 42.7 Å². The molecule has 112 valence electrons. The lowest BCUT2D eigenvalue weighted by atomic mass is 10.1. The van der Waals surface area contributed by atoms with Crippen LogP contribution in [-0.2, 0) is 4.79 Å². The first kappa shape index (κ1) is 14.6. The number of carbonyl (C=O) groups excluding carboxylic acids is 1. The number of anilines is 1. The summed E-state index contributed by atoms with van der Waals surface area (Å²) in [6.07, 6.45) is 3.34. The van der Waals surface area contributed by atoms with E-state index in [0.717, 1.165) is 12.8 Å². The van der Waals surface area contributed by atoms with Crippen LogP contribution in [0.4, 0.5) is 11.5 Å². The van der Waals surface area contributed by atoms with Gasteiger partial charge in [0.1, 0.15) is 5.82 Å². The Morgan fingerprint density at radius 1 is 1.32 bits per heavy atom. The van der Waals surface area contributed by atoms with Crippen molar-refractivity contribution in [2.45, 2.75) is 12.8 Å². The van der Waals surface area contributed by atoms with E-state index in [1.54, 1.807) is 24.3 Å². The van der Waals surface area contributed by atoms with Crippen molar-refractivity contribution in [2.24, 2.45) is 5.92 Å². The monoisotopic (exact) mass is 361 g/mol. The number of hydrogen-bond acceptors (Lipinski definition) is 4. The largest absolute Gasteiger partial charge is 0.310 e. The maximum atomic E-state index is 11.8. The van der Waals surface area contributed by atoms with Crippen LogP contribution in [0.15, 0.2) is 41.0 Å². The molecule has 0 spiro atoms. The van der Waals surface area contributed by atoms with Crippen LogP contribution in [0.5, 0.6) is 0 Å². The van der Waals surface area contributed by atoms with Crippen LogP contribution >= 0.6 is 15.9 Å². The number of nitro groups is 1. The smallest absolute Gasteiger partial charge is 0.278 e. The average molecular weight is 362 g/mol. The first-order chi connectivity index (χ1) is 10.5. The molecule has 0 radical (unpaired) electrons. The van der Waals surface area contributed by atoms with Crippen LogP contribution in [0.3, 0.4) is 0 Å². The van der Waals surface area contributed by atoms with E-state index in [0.29, 0.717) is 21.4 Å². The van der Waals surface area contributed by atoms with E-state index in [4.69, 9.17) is 0 Å². The van der Waals surface area contributed by atoms with Gasteiger partial charge < -0.3 is 5.32 Å². The van der Waals surface area contributed by atoms with Crippen LogP contribution in [0, 0.1) is 16.0 Å². The SMILES string of the molecule is O=C(Nc1cc(-c2ccc(Br)cc2[N+](=O)[O-])ccn1)C1CC1. The zero-order valence-corrected chi connectivity index (χ0v) is 13.0. The highest BCUT2D eigenvalue weighted by molar-refractivity contribution is 9.10. The number of nitro benzene ring substituents is 1. The third kappa shape index (κ3) is 3.14. The van der Waals surface area contributed by atoms with Crippen LogP contribution in [0.1, 0.15) is 12.8 Å². The van der Waals surface area contributed by atoms with Crippen molar-refractivity contribution in [1.82, 2.24) is 4.98 Å². The second kappa shape index (κ2) is 5.84. The number of aromatic nitrogens is 1. The Morgan fingerprint density at radius 2 is 2.09 bits per heavy atom. The Morgan fingerprint density at radius 3 is 2.77 bits per heavy atom. The molecule has 1 aliphatic rings. The van der Waals surface area contributed by atoms with Gasteiger partial charge in [-0.2, -0.15) is 0 Å². The summed E-state index contributed by atoms with van der Waals surface area (Å²) in [5.74, 6) is 0.439. The van der Waals surface area contributed by atoms with E-state index in [-0.39, 0.29) is 17.5 Å². The van der Waals surface area contributed by atoms with Crippen molar-refractivity contribution in [1.29, 1.82) is 0 Å². The van der Waals surface area contributed by atoms with Gasteiger partial charge in [-0.1, -0.05) is 15.9 Å². The molecule has 22 heavy (non-hydrogen) atoms. The lowest BCUT2D eigenvalue weighted by Gasteiger charge is -2.07. The molecule has 1 saturated carbocycles. The second-order valence-electron chi connectivity index (χ2n) is 5.11. The van der Waals surface area contributed by atoms with E-state index in [1.807, 2.05) is 0 Å². The van der Waals surface area contributed by atoms with E-state index < -0.39 is 4.92 Å². The first-order valence-corrected chi connectivity index (χ1v) is 7.55. The van der Waals surface area contributed by atoms with Crippen LogP contribution < -0.4 is 5.32 Å². The van der Waals surface area contributed by atoms with Crippen LogP contribution in [0.25, 0.3) is 11.1 Å². The minimum absolute atomic E-state index is 0.0000412. The van der Waals surface area contributed by atoms with Gasteiger partial charge in [-0.3, -0.25) is 14.9 Å². The van der Waals surface area contributed by atoms with E-state index in [9.17, 15) is 14.9 Å². The molecule has 1 heterocycles. The molecule has 1 aliphatic carbocycles. The molecule has 1 aromatic heterocycles. The molecule has 7 heteroatoms. The van der Waals surface area contributed by atoms with Crippen molar-refractivity contribution >= 4 is 33.3 Å². The maximum Gasteiger partial charge on any atom is 0.278 e. The minimum atomic E-state index is -0.428. The van der Waals surface area contributed by atoms with Gasteiger partial charge in [0.15, 0.2) is 0 Å². The third-order valence-electron chi connectivity index (χ3n) is 3.43. The third-order valence-corrected chi connectivity index (χ3v) is 3.92. The molecule has 0 atom stereocenters. The topological polar surface area (TPSA) is 85.1 Å². The fraction of sp³-hybridized carbons (Fsp3) is 0.200. The summed E-state index contributed by atoms with van der Waals surface area (Å²) in [6, 6.07) is 8.20. The molecule has 1 aromatic carbocycles. The Balaban J connectivity index is 1.95. The lowest BCUT2D eigenvalue weighted by Crippen LogP contribution is -2.14. The molecule has 0 unspecified atom stereocenters. The molecule has 1 fully saturated rings. The number of amides is 1. The first-order valence-electron chi connectivity index (χ1n) is 6.76. The summed E-state index contributed by atoms with van der Waals surface area (Å²) in [5.41, 5.74) is 1.12. The molecular formula is C15H12BrN3O3. The predicted octanol–water partition coefficient (Wildman–Crippen LogP) is 3.77. The van der Waals surface area contributed by atoms with E-state index in [1.165, 1.54) is 12.3 Å². The Kier molecular flexibility index (Phi) is 3.89. The van der Waals surface area contributed by atoms with Crippen LogP contribution in [-0.4, -0.2) is 15.8 Å².